The summed E-state index contributed by atoms with van der Waals surface area (Å²) in [5, 5.41) is 16.3. The Labute approximate surface area is 406 Å². The Morgan fingerprint density at radius 3 is 0.943 bits per heavy atom. The molecule has 0 spiro atoms. The molecule has 0 saturated carbocycles. The number of nitrogens with one attached hydrogen (secondary N) is 6. The second-order valence-corrected chi connectivity index (χ2v) is 15.3. The van der Waals surface area contributed by atoms with Gasteiger partial charge in [-0.1, -0.05) is 37.9 Å². The van der Waals surface area contributed by atoms with Crippen LogP contribution in [0.15, 0.2) is 165 Å². The van der Waals surface area contributed by atoms with Gasteiger partial charge in [0.2, 0.25) is 17.7 Å². The maximum Gasteiger partial charge on any atom is 0.252 e. The molecule has 0 aromatic carbocycles. The van der Waals surface area contributed by atoms with Crippen molar-refractivity contribution in [2.75, 3.05) is 39.3 Å². The summed E-state index contributed by atoms with van der Waals surface area (Å²) in [6.07, 6.45) is 20.4. The van der Waals surface area contributed by atoms with E-state index in [2.05, 4.69) is 81.5 Å². The van der Waals surface area contributed by atoms with E-state index in [1.54, 1.807) is 94.7 Å². The van der Waals surface area contributed by atoms with Gasteiger partial charge in [0.05, 0.1) is 16.7 Å². The summed E-state index contributed by atoms with van der Waals surface area (Å²) in [7, 11) is 0. The SMILES string of the molecule is C=C(C)C(=O)NCCCNC(=O)c1cncc(-c2cccnc2)c1.C=C(C)C(=O)NCCNC(=O)c1cncc(-c2cccnc2)c1.C=C(C)C(=O)NCCNC(=O)c1cncc(-c2cccnc2)c1. The first kappa shape index (κ1) is 53.6. The van der Waals surface area contributed by atoms with Crippen LogP contribution < -0.4 is 31.9 Å². The molecule has 360 valence electrons. The van der Waals surface area contributed by atoms with E-state index < -0.39 is 0 Å². The Morgan fingerprint density at radius 1 is 0.371 bits per heavy atom. The van der Waals surface area contributed by atoms with Crippen LogP contribution >= 0.6 is 0 Å². The summed E-state index contributed by atoms with van der Waals surface area (Å²) in [4.78, 5) is 94.8. The lowest BCUT2D eigenvalue weighted by molar-refractivity contribution is -0.118. The topological polar surface area (TPSA) is 252 Å². The van der Waals surface area contributed by atoms with E-state index in [4.69, 9.17) is 0 Å². The third-order valence-electron chi connectivity index (χ3n) is 9.47. The van der Waals surface area contributed by atoms with Crippen LogP contribution in [-0.4, -0.2) is 105 Å². The van der Waals surface area contributed by atoms with E-state index in [0.717, 1.165) is 33.4 Å². The fourth-order valence-corrected chi connectivity index (χ4v) is 5.72. The highest BCUT2D eigenvalue weighted by Crippen LogP contribution is 2.20. The smallest absolute Gasteiger partial charge is 0.252 e. The molecule has 0 aliphatic heterocycles. The third kappa shape index (κ3) is 18.7. The standard InChI is InChI=1S/C18H20N4O2.2C17H18N4O2/c1-13(2)17(23)21-7-4-8-22-18(24)16-9-15(11-20-12-16)14-5-3-6-19-10-14;2*1-12(2)16(22)20-6-7-21-17(23)15-8-14(10-19-11-15)13-4-3-5-18-9-13/h3,5-6,9-12H,1,4,7-8H2,2H3,(H,21,23)(H,22,24);2*3-5,8-11H,1,6-7H2,2H3,(H,20,22)(H,21,23). The number of hydrogen-bond acceptors (Lipinski definition) is 12. The molecule has 6 N–H and O–H groups in total. The van der Waals surface area contributed by atoms with Gasteiger partial charge >= 0.3 is 0 Å². The Balaban J connectivity index is 0.000000228. The number of nitrogens with zero attached hydrogens (tertiary/aromatic N) is 6. The van der Waals surface area contributed by atoms with E-state index in [9.17, 15) is 28.8 Å². The largest absolute Gasteiger partial charge is 0.352 e. The lowest BCUT2D eigenvalue weighted by Gasteiger charge is -2.08. The summed E-state index contributed by atoms with van der Waals surface area (Å²) in [5.74, 6) is -1.30. The van der Waals surface area contributed by atoms with E-state index >= 15 is 0 Å². The van der Waals surface area contributed by atoms with Gasteiger partial charge in [0, 0.05) is 164 Å². The molecule has 0 aliphatic carbocycles. The maximum absolute atomic E-state index is 12.2. The predicted octanol–water partition coefficient (Wildman–Crippen LogP) is 5.09. The van der Waals surface area contributed by atoms with Crippen molar-refractivity contribution in [1.29, 1.82) is 0 Å². The van der Waals surface area contributed by atoms with Crippen LogP contribution in [0.3, 0.4) is 0 Å². The molecule has 0 atom stereocenters. The monoisotopic (exact) mass is 944 g/mol. The molecule has 6 aromatic rings. The molecule has 0 unspecified atom stereocenters. The first-order chi connectivity index (χ1) is 33.7. The average molecular weight is 945 g/mol. The normalized spacial score (nSPS) is 9.99. The highest BCUT2D eigenvalue weighted by molar-refractivity contribution is 5.97. The van der Waals surface area contributed by atoms with Crippen LogP contribution in [0.2, 0.25) is 0 Å². The van der Waals surface area contributed by atoms with Crippen molar-refractivity contribution in [2.24, 2.45) is 0 Å². The quantitative estimate of drug-likeness (QED) is 0.0459. The van der Waals surface area contributed by atoms with Crippen molar-refractivity contribution < 1.29 is 28.8 Å². The zero-order valence-corrected chi connectivity index (χ0v) is 39.3. The van der Waals surface area contributed by atoms with Gasteiger partial charge in [0.1, 0.15) is 0 Å². The summed E-state index contributed by atoms with van der Waals surface area (Å²) in [6, 6.07) is 16.5. The van der Waals surface area contributed by atoms with Crippen molar-refractivity contribution >= 4 is 35.4 Å². The Morgan fingerprint density at radius 2 is 0.643 bits per heavy atom. The summed E-state index contributed by atoms with van der Waals surface area (Å²) < 4.78 is 0. The zero-order valence-electron chi connectivity index (χ0n) is 39.3. The molecule has 0 radical (unpaired) electrons. The molecule has 0 bridgehead atoms. The number of amides is 6. The molecule has 0 aliphatic rings. The van der Waals surface area contributed by atoms with Crippen LogP contribution in [0.1, 0.15) is 58.3 Å². The summed E-state index contributed by atoms with van der Waals surface area (Å²) in [6.45, 7) is 17.8. The van der Waals surface area contributed by atoms with Crippen LogP contribution in [0.4, 0.5) is 0 Å². The molecule has 6 aromatic heterocycles. The van der Waals surface area contributed by atoms with Gasteiger partial charge in [-0.2, -0.15) is 0 Å². The molecule has 0 saturated heterocycles. The number of hydrogen-bond donors (Lipinski definition) is 6. The maximum atomic E-state index is 12.2. The third-order valence-corrected chi connectivity index (χ3v) is 9.47. The lowest BCUT2D eigenvalue weighted by atomic mass is 10.1. The van der Waals surface area contributed by atoms with Gasteiger partial charge in [0.25, 0.3) is 17.7 Å². The molecule has 6 amide bonds. The predicted molar refractivity (Wildman–Crippen MR) is 267 cm³/mol. The first-order valence-corrected chi connectivity index (χ1v) is 22.0. The van der Waals surface area contributed by atoms with Gasteiger partial charge in [0.15, 0.2) is 0 Å². The second kappa shape index (κ2) is 28.9. The van der Waals surface area contributed by atoms with Crippen LogP contribution in [-0.2, 0) is 14.4 Å². The minimum Gasteiger partial charge on any atom is -0.352 e. The lowest BCUT2D eigenvalue weighted by Crippen LogP contribution is -2.34. The molecular formula is C52H56N12O6. The van der Waals surface area contributed by atoms with Gasteiger partial charge in [-0.25, -0.2) is 0 Å². The molecule has 18 heteroatoms. The minimum atomic E-state index is -0.243. The van der Waals surface area contributed by atoms with Gasteiger partial charge < -0.3 is 31.9 Å². The minimum absolute atomic E-state index is 0.172. The van der Waals surface area contributed by atoms with Gasteiger partial charge in [-0.05, 0) is 63.6 Å². The first-order valence-electron chi connectivity index (χ1n) is 22.0. The van der Waals surface area contributed by atoms with Crippen molar-refractivity contribution in [2.45, 2.75) is 27.2 Å². The van der Waals surface area contributed by atoms with Crippen LogP contribution in [0.25, 0.3) is 33.4 Å². The second-order valence-electron chi connectivity index (χ2n) is 15.3. The van der Waals surface area contributed by atoms with Crippen LogP contribution in [0.5, 0.6) is 0 Å². The molecule has 70 heavy (non-hydrogen) atoms. The van der Waals surface area contributed by atoms with Crippen molar-refractivity contribution in [3.05, 3.63) is 182 Å². The fourth-order valence-electron chi connectivity index (χ4n) is 5.72. The highest BCUT2D eigenvalue weighted by Gasteiger charge is 2.11. The summed E-state index contributed by atoms with van der Waals surface area (Å²) >= 11 is 0. The highest BCUT2D eigenvalue weighted by atomic mass is 16.2. The summed E-state index contributed by atoms with van der Waals surface area (Å²) in [5.41, 5.74) is 7.91. The molecule has 0 fully saturated rings. The van der Waals surface area contributed by atoms with E-state index in [-0.39, 0.29) is 35.4 Å². The Kier molecular flexibility index (Phi) is 22.1. The molecule has 6 rings (SSSR count). The van der Waals surface area contributed by atoms with Crippen molar-refractivity contribution in [1.82, 2.24) is 61.8 Å². The van der Waals surface area contributed by atoms with Gasteiger partial charge in [-0.3, -0.25) is 58.7 Å². The number of rotatable bonds is 19. The fraction of sp³-hybridized carbons (Fsp3) is 0.192. The number of carbonyl (C=O) groups is 6. The average Bonchev–Trinajstić information content (AvgIpc) is 3.39. The molecular weight excluding hydrogens is 889 g/mol. The number of pyridine rings is 6. The Hall–Kier alpha value is -9.06. The van der Waals surface area contributed by atoms with Crippen molar-refractivity contribution in [3.63, 3.8) is 0 Å². The molecule has 18 nitrogen and oxygen atoms in total. The van der Waals surface area contributed by atoms with E-state index in [1.165, 1.54) is 18.6 Å². The molecule has 6 heterocycles. The van der Waals surface area contributed by atoms with Crippen LogP contribution in [0, 0.1) is 0 Å². The Bertz CT molecular complexity index is 2630. The van der Waals surface area contributed by atoms with E-state index in [0.29, 0.717) is 79.1 Å². The van der Waals surface area contributed by atoms with Gasteiger partial charge in [-0.15, -0.1) is 0 Å². The number of aromatic nitrogens is 6. The van der Waals surface area contributed by atoms with Crippen molar-refractivity contribution in [3.8, 4) is 33.4 Å². The zero-order chi connectivity index (χ0) is 50.7. The van der Waals surface area contributed by atoms with E-state index in [1.807, 2.05) is 36.4 Å². The number of carbonyl (C=O) groups excluding carboxylic acids is 6.